The highest BCUT2D eigenvalue weighted by molar-refractivity contribution is 7.89. The van der Waals surface area contributed by atoms with E-state index in [0.29, 0.717) is 5.56 Å². The van der Waals surface area contributed by atoms with E-state index in [-0.39, 0.29) is 15.7 Å². The molecule has 0 aliphatic heterocycles. The second-order valence-electron chi connectivity index (χ2n) is 5.36. The number of carbonyl (C=O) groups is 1. The summed E-state index contributed by atoms with van der Waals surface area (Å²) in [5.41, 5.74) is 1.51. The van der Waals surface area contributed by atoms with Crippen LogP contribution in [0, 0.1) is 6.92 Å². The summed E-state index contributed by atoms with van der Waals surface area (Å²) in [4.78, 5) is 12.5. The van der Waals surface area contributed by atoms with Gasteiger partial charge in [0.05, 0.1) is 11.1 Å². The number of rotatable bonds is 5. The Labute approximate surface area is 141 Å². The van der Waals surface area contributed by atoms with E-state index < -0.39 is 16.1 Å². The average Bonchev–Trinajstić information content (AvgIpc) is 2.53. The van der Waals surface area contributed by atoms with Crippen molar-refractivity contribution in [1.82, 2.24) is 4.31 Å². The summed E-state index contributed by atoms with van der Waals surface area (Å²) in [7, 11) is -2.47. The van der Waals surface area contributed by atoms with E-state index >= 15 is 0 Å². The van der Waals surface area contributed by atoms with Gasteiger partial charge in [0.25, 0.3) is 0 Å². The fourth-order valence-corrected chi connectivity index (χ4v) is 3.96. The van der Waals surface area contributed by atoms with E-state index in [9.17, 15) is 13.2 Å². The van der Waals surface area contributed by atoms with Gasteiger partial charge < -0.3 is 0 Å². The van der Waals surface area contributed by atoms with Gasteiger partial charge in [0.2, 0.25) is 10.0 Å². The number of likely N-dealkylation sites (N-methyl/N-ethyl adjacent to an activating group) is 1. The summed E-state index contributed by atoms with van der Waals surface area (Å²) < 4.78 is 26.4. The Kier molecular flexibility index (Phi) is 5.24. The molecule has 2 aromatic rings. The number of aryl methyl sites for hydroxylation is 1. The van der Waals surface area contributed by atoms with Crippen LogP contribution >= 0.6 is 11.6 Å². The topological polar surface area (TPSA) is 54.5 Å². The van der Waals surface area contributed by atoms with Crippen molar-refractivity contribution in [3.63, 3.8) is 0 Å². The molecule has 2 aromatic carbocycles. The number of Topliss-reactive ketones (excluding diaryl/α,β-unsaturated/α-hetero) is 1. The number of hydrogen-bond acceptors (Lipinski definition) is 3. The molecule has 0 spiro atoms. The zero-order valence-electron chi connectivity index (χ0n) is 13.2. The average molecular weight is 352 g/mol. The predicted octanol–water partition coefficient (Wildman–Crippen LogP) is 3.54. The van der Waals surface area contributed by atoms with Gasteiger partial charge in [0.15, 0.2) is 5.78 Å². The van der Waals surface area contributed by atoms with Crippen LogP contribution in [0.4, 0.5) is 0 Å². The van der Waals surface area contributed by atoms with Crippen LogP contribution in [0.1, 0.15) is 22.8 Å². The van der Waals surface area contributed by atoms with Gasteiger partial charge in [-0.2, -0.15) is 4.31 Å². The van der Waals surface area contributed by atoms with E-state index in [2.05, 4.69) is 0 Å². The quantitative estimate of drug-likeness (QED) is 0.774. The summed E-state index contributed by atoms with van der Waals surface area (Å²) in [5.74, 6) is -0.261. The van der Waals surface area contributed by atoms with Gasteiger partial charge in [-0.3, -0.25) is 4.79 Å². The van der Waals surface area contributed by atoms with Crippen molar-refractivity contribution >= 4 is 27.4 Å². The third kappa shape index (κ3) is 3.63. The Morgan fingerprint density at radius 3 is 2.22 bits per heavy atom. The Balaban J connectivity index is 2.32. The second-order valence-corrected chi connectivity index (χ2v) is 7.73. The molecule has 0 saturated carbocycles. The number of hydrogen-bond donors (Lipinski definition) is 0. The van der Waals surface area contributed by atoms with E-state index in [1.165, 1.54) is 19.2 Å². The van der Waals surface area contributed by atoms with E-state index in [4.69, 9.17) is 11.6 Å². The molecule has 0 aliphatic rings. The molecule has 0 N–H and O–H groups in total. The van der Waals surface area contributed by atoms with Crippen molar-refractivity contribution in [2.24, 2.45) is 0 Å². The first-order valence-corrected chi connectivity index (χ1v) is 8.90. The minimum atomic E-state index is -3.85. The lowest BCUT2D eigenvalue weighted by Crippen LogP contribution is -2.40. The maximum Gasteiger partial charge on any atom is 0.244 e. The first-order chi connectivity index (χ1) is 10.7. The maximum absolute atomic E-state index is 12.7. The maximum atomic E-state index is 12.7. The van der Waals surface area contributed by atoms with Crippen molar-refractivity contribution in [2.75, 3.05) is 7.05 Å². The minimum absolute atomic E-state index is 0.00674. The summed E-state index contributed by atoms with van der Waals surface area (Å²) in [6.45, 7) is 3.49. The molecule has 0 aromatic heterocycles. The monoisotopic (exact) mass is 351 g/mol. The van der Waals surface area contributed by atoms with Crippen LogP contribution in [0.2, 0.25) is 5.02 Å². The zero-order chi connectivity index (χ0) is 17.2. The lowest BCUT2D eigenvalue weighted by Gasteiger charge is -2.23. The molecule has 0 amide bonds. The van der Waals surface area contributed by atoms with Crippen LogP contribution < -0.4 is 0 Å². The molecule has 23 heavy (non-hydrogen) atoms. The molecule has 0 saturated heterocycles. The Morgan fingerprint density at radius 2 is 1.65 bits per heavy atom. The Morgan fingerprint density at radius 1 is 1.09 bits per heavy atom. The molecule has 2 rings (SSSR count). The first-order valence-electron chi connectivity index (χ1n) is 7.08. The predicted molar refractivity (Wildman–Crippen MR) is 91.4 cm³/mol. The van der Waals surface area contributed by atoms with Gasteiger partial charge in [-0.05, 0) is 26.0 Å². The van der Waals surface area contributed by atoms with Crippen molar-refractivity contribution in [3.8, 4) is 0 Å². The van der Waals surface area contributed by atoms with Crippen LogP contribution in [0.15, 0.2) is 53.4 Å². The van der Waals surface area contributed by atoms with E-state index in [0.717, 1.165) is 9.87 Å². The van der Waals surface area contributed by atoms with Gasteiger partial charge >= 0.3 is 0 Å². The standard InChI is InChI=1S/C17H18ClNO3S/c1-12-8-10-14(11-9-12)17(20)13(2)19(3)23(21,22)16-7-5-4-6-15(16)18/h4-11,13H,1-3H3. The Hall–Kier alpha value is -1.69. The van der Waals surface area contributed by atoms with Crippen LogP contribution in [-0.2, 0) is 10.0 Å². The van der Waals surface area contributed by atoms with Crippen LogP contribution in [-0.4, -0.2) is 31.6 Å². The SMILES string of the molecule is Cc1ccc(C(=O)C(C)N(C)S(=O)(=O)c2ccccc2Cl)cc1. The number of sulfonamides is 1. The minimum Gasteiger partial charge on any atom is -0.292 e. The highest BCUT2D eigenvalue weighted by Crippen LogP contribution is 2.25. The second kappa shape index (κ2) is 6.83. The molecule has 0 aliphatic carbocycles. The van der Waals surface area contributed by atoms with Crippen molar-refractivity contribution < 1.29 is 13.2 Å². The van der Waals surface area contributed by atoms with Gasteiger partial charge in [-0.25, -0.2) is 8.42 Å². The van der Waals surface area contributed by atoms with Crippen LogP contribution in [0.5, 0.6) is 0 Å². The normalized spacial score (nSPS) is 13.1. The van der Waals surface area contributed by atoms with E-state index in [1.807, 2.05) is 19.1 Å². The van der Waals surface area contributed by atoms with Gasteiger partial charge in [0.1, 0.15) is 4.90 Å². The molecule has 0 fully saturated rings. The van der Waals surface area contributed by atoms with Crippen molar-refractivity contribution in [2.45, 2.75) is 24.8 Å². The molecule has 122 valence electrons. The Bertz CT molecular complexity index is 816. The van der Waals surface area contributed by atoms with Crippen LogP contribution in [0.25, 0.3) is 0 Å². The molecule has 0 bridgehead atoms. The molecule has 1 unspecified atom stereocenters. The number of benzene rings is 2. The summed E-state index contributed by atoms with van der Waals surface area (Å²) >= 11 is 5.98. The fraction of sp³-hybridized carbons (Fsp3) is 0.235. The summed E-state index contributed by atoms with van der Waals surface area (Å²) in [6, 6.07) is 12.4. The molecule has 0 radical (unpaired) electrons. The van der Waals surface area contributed by atoms with Crippen molar-refractivity contribution in [3.05, 3.63) is 64.7 Å². The molecule has 4 nitrogen and oxygen atoms in total. The first kappa shape index (κ1) is 17.7. The van der Waals surface area contributed by atoms with Crippen molar-refractivity contribution in [1.29, 1.82) is 0 Å². The van der Waals surface area contributed by atoms with Gasteiger partial charge in [-0.15, -0.1) is 0 Å². The van der Waals surface area contributed by atoms with Gasteiger partial charge in [0, 0.05) is 12.6 Å². The lowest BCUT2D eigenvalue weighted by atomic mass is 10.0. The number of nitrogens with zero attached hydrogens (tertiary/aromatic N) is 1. The molecule has 1 atom stereocenters. The van der Waals surface area contributed by atoms with Crippen LogP contribution in [0.3, 0.4) is 0 Å². The third-order valence-corrected chi connectivity index (χ3v) is 6.18. The highest BCUT2D eigenvalue weighted by atomic mass is 35.5. The number of halogens is 1. The summed E-state index contributed by atoms with van der Waals surface area (Å²) in [6.07, 6.45) is 0. The zero-order valence-corrected chi connectivity index (χ0v) is 14.7. The fourth-order valence-electron chi connectivity index (χ4n) is 2.14. The lowest BCUT2D eigenvalue weighted by molar-refractivity contribution is 0.0919. The number of ketones is 1. The number of carbonyl (C=O) groups excluding carboxylic acids is 1. The van der Waals surface area contributed by atoms with Gasteiger partial charge in [-0.1, -0.05) is 53.6 Å². The molecule has 0 heterocycles. The molecular weight excluding hydrogens is 334 g/mol. The molecular formula is C17H18ClNO3S. The highest BCUT2D eigenvalue weighted by Gasteiger charge is 2.31. The largest absolute Gasteiger partial charge is 0.292 e. The summed E-state index contributed by atoms with van der Waals surface area (Å²) in [5, 5.41) is 0.134. The third-order valence-electron chi connectivity index (χ3n) is 3.75. The smallest absolute Gasteiger partial charge is 0.244 e. The molecule has 6 heteroatoms. The van der Waals surface area contributed by atoms with E-state index in [1.54, 1.807) is 31.2 Å².